The van der Waals surface area contributed by atoms with Crippen LogP contribution in [0.5, 0.6) is 0 Å². The van der Waals surface area contributed by atoms with Crippen LogP contribution in [0.25, 0.3) is 0 Å². The van der Waals surface area contributed by atoms with E-state index in [9.17, 15) is 0 Å². The van der Waals surface area contributed by atoms with Crippen LogP contribution in [0.4, 0.5) is 11.5 Å². The molecular formula is C12H21N5. The molecular weight excluding hydrogens is 214 g/mol. The standard InChI is InChI=1S/C12H21N5/c1-9(2)8-17(7-5-6-13)12-11(14)10(3)15-16(12)4/h9H,5,7-8,14H2,1-4H3. The summed E-state index contributed by atoms with van der Waals surface area (Å²) in [6.45, 7) is 7.77. The van der Waals surface area contributed by atoms with Gasteiger partial charge in [0.15, 0.2) is 0 Å². The molecule has 0 saturated heterocycles. The summed E-state index contributed by atoms with van der Waals surface area (Å²) in [4.78, 5) is 2.14. The first kappa shape index (κ1) is 13.4. The van der Waals surface area contributed by atoms with Crippen molar-refractivity contribution in [3.05, 3.63) is 5.69 Å². The average Bonchev–Trinajstić information content (AvgIpc) is 2.48. The van der Waals surface area contributed by atoms with E-state index in [0.29, 0.717) is 24.6 Å². The molecule has 0 aromatic carbocycles. The van der Waals surface area contributed by atoms with E-state index >= 15 is 0 Å². The van der Waals surface area contributed by atoms with Crippen molar-refractivity contribution in [3.63, 3.8) is 0 Å². The number of rotatable bonds is 5. The van der Waals surface area contributed by atoms with Crippen molar-refractivity contribution in [2.24, 2.45) is 13.0 Å². The summed E-state index contributed by atoms with van der Waals surface area (Å²) < 4.78 is 1.80. The van der Waals surface area contributed by atoms with Gasteiger partial charge >= 0.3 is 0 Å². The van der Waals surface area contributed by atoms with Gasteiger partial charge in [-0.05, 0) is 12.8 Å². The molecule has 1 aromatic rings. The molecule has 0 unspecified atom stereocenters. The summed E-state index contributed by atoms with van der Waals surface area (Å²) >= 11 is 0. The Morgan fingerprint density at radius 1 is 1.53 bits per heavy atom. The first-order chi connectivity index (χ1) is 7.97. The lowest BCUT2D eigenvalue weighted by Crippen LogP contribution is -2.31. The fourth-order valence-electron chi connectivity index (χ4n) is 1.95. The van der Waals surface area contributed by atoms with Gasteiger partial charge in [0.2, 0.25) is 0 Å². The number of aromatic nitrogens is 2. The molecule has 1 aromatic heterocycles. The highest BCUT2D eigenvalue weighted by molar-refractivity contribution is 5.66. The number of aryl methyl sites for hydroxylation is 2. The second kappa shape index (κ2) is 5.58. The Morgan fingerprint density at radius 3 is 2.59 bits per heavy atom. The summed E-state index contributed by atoms with van der Waals surface area (Å²) in [6, 6.07) is 2.17. The van der Waals surface area contributed by atoms with Crippen molar-refractivity contribution in [2.75, 3.05) is 23.7 Å². The Morgan fingerprint density at radius 2 is 2.18 bits per heavy atom. The Labute approximate surface area is 103 Å². The van der Waals surface area contributed by atoms with Crippen LogP contribution in [0.2, 0.25) is 0 Å². The van der Waals surface area contributed by atoms with Gasteiger partial charge in [-0.3, -0.25) is 4.68 Å². The zero-order valence-electron chi connectivity index (χ0n) is 11.1. The van der Waals surface area contributed by atoms with Crippen LogP contribution in [0, 0.1) is 24.2 Å². The molecule has 5 heteroatoms. The minimum absolute atomic E-state index is 0.496. The zero-order chi connectivity index (χ0) is 13.0. The lowest BCUT2D eigenvalue weighted by molar-refractivity contribution is 0.593. The normalized spacial score (nSPS) is 10.6. The van der Waals surface area contributed by atoms with Gasteiger partial charge in [0.1, 0.15) is 5.82 Å². The molecule has 17 heavy (non-hydrogen) atoms. The highest BCUT2D eigenvalue weighted by Crippen LogP contribution is 2.26. The molecule has 1 heterocycles. The highest BCUT2D eigenvalue weighted by atomic mass is 15.4. The third kappa shape index (κ3) is 3.13. The summed E-state index contributed by atoms with van der Waals surface area (Å²) in [7, 11) is 1.89. The predicted molar refractivity (Wildman–Crippen MR) is 69.6 cm³/mol. The molecule has 0 aliphatic heterocycles. The van der Waals surface area contributed by atoms with Crippen LogP contribution in [-0.2, 0) is 7.05 Å². The van der Waals surface area contributed by atoms with Gasteiger partial charge < -0.3 is 10.6 Å². The first-order valence-corrected chi connectivity index (χ1v) is 5.88. The van der Waals surface area contributed by atoms with Crippen molar-refractivity contribution < 1.29 is 0 Å². The van der Waals surface area contributed by atoms with E-state index in [-0.39, 0.29) is 0 Å². The zero-order valence-corrected chi connectivity index (χ0v) is 11.1. The van der Waals surface area contributed by atoms with E-state index in [1.807, 2.05) is 14.0 Å². The summed E-state index contributed by atoms with van der Waals surface area (Å²) in [5.41, 5.74) is 7.60. The van der Waals surface area contributed by atoms with Gasteiger partial charge in [0, 0.05) is 20.1 Å². The molecule has 0 saturated carbocycles. The van der Waals surface area contributed by atoms with Gasteiger partial charge in [0.25, 0.3) is 0 Å². The maximum Gasteiger partial charge on any atom is 0.150 e. The molecule has 0 spiro atoms. The molecule has 0 fully saturated rings. The maximum absolute atomic E-state index is 8.71. The molecule has 0 bridgehead atoms. The lowest BCUT2D eigenvalue weighted by atomic mass is 10.2. The van der Waals surface area contributed by atoms with Crippen LogP contribution in [0.1, 0.15) is 26.0 Å². The number of nitrogen functional groups attached to an aromatic ring is 1. The second-order valence-corrected chi connectivity index (χ2v) is 4.69. The monoisotopic (exact) mass is 235 g/mol. The van der Waals surface area contributed by atoms with Crippen molar-refractivity contribution in [3.8, 4) is 6.07 Å². The summed E-state index contributed by atoms with van der Waals surface area (Å²) in [5, 5.41) is 13.0. The minimum Gasteiger partial charge on any atom is -0.394 e. The molecule has 5 nitrogen and oxygen atoms in total. The van der Waals surface area contributed by atoms with E-state index in [1.165, 1.54) is 0 Å². The SMILES string of the molecule is Cc1nn(C)c(N(CCC#N)CC(C)C)c1N. The summed E-state index contributed by atoms with van der Waals surface area (Å²) in [5.74, 6) is 1.44. The Hall–Kier alpha value is -1.70. The van der Waals surface area contributed by atoms with Gasteiger partial charge in [-0.15, -0.1) is 0 Å². The molecule has 0 atom stereocenters. The fourth-order valence-corrected chi connectivity index (χ4v) is 1.95. The second-order valence-electron chi connectivity index (χ2n) is 4.69. The summed E-state index contributed by atoms with van der Waals surface area (Å²) in [6.07, 6.45) is 0.496. The van der Waals surface area contributed by atoms with Crippen LogP contribution in [0.15, 0.2) is 0 Å². The van der Waals surface area contributed by atoms with E-state index in [0.717, 1.165) is 18.1 Å². The van der Waals surface area contributed by atoms with Crippen molar-refractivity contribution in [1.82, 2.24) is 9.78 Å². The van der Waals surface area contributed by atoms with Gasteiger partial charge in [0.05, 0.1) is 23.9 Å². The van der Waals surface area contributed by atoms with Crippen LogP contribution in [0.3, 0.4) is 0 Å². The number of hydrogen-bond donors (Lipinski definition) is 1. The van der Waals surface area contributed by atoms with Gasteiger partial charge in [-0.2, -0.15) is 10.4 Å². The maximum atomic E-state index is 8.71. The minimum atomic E-state index is 0.496. The molecule has 94 valence electrons. The molecule has 0 amide bonds. The van der Waals surface area contributed by atoms with Crippen LogP contribution < -0.4 is 10.6 Å². The third-order valence-corrected chi connectivity index (χ3v) is 2.62. The van der Waals surface area contributed by atoms with E-state index in [2.05, 4.69) is 29.9 Å². The van der Waals surface area contributed by atoms with Crippen molar-refractivity contribution in [1.29, 1.82) is 5.26 Å². The number of hydrogen-bond acceptors (Lipinski definition) is 4. The number of nitriles is 1. The molecule has 0 radical (unpaired) electrons. The smallest absolute Gasteiger partial charge is 0.150 e. The largest absolute Gasteiger partial charge is 0.394 e. The van der Waals surface area contributed by atoms with Gasteiger partial charge in [-0.1, -0.05) is 13.8 Å². The number of nitrogens with zero attached hydrogens (tertiary/aromatic N) is 4. The number of anilines is 2. The average molecular weight is 235 g/mol. The van der Waals surface area contributed by atoms with E-state index in [1.54, 1.807) is 4.68 Å². The Bertz CT molecular complexity index is 413. The predicted octanol–water partition coefficient (Wildman–Crippen LogP) is 1.69. The van der Waals surface area contributed by atoms with E-state index < -0.39 is 0 Å². The topological polar surface area (TPSA) is 70.9 Å². The van der Waals surface area contributed by atoms with E-state index in [4.69, 9.17) is 11.0 Å². The Kier molecular flexibility index (Phi) is 4.38. The third-order valence-electron chi connectivity index (χ3n) is 2.62. The Balaban J connectivity index is 2.99. The quantitative estimate of drug-likeness (QED) is 0.843. The fraction of sp³-hybridized carbons (Fsp3) is 0.667. The van der Waals surface area contributed by atoms with Gasteiger partial charge in [-0.25, -0.2) is 0 Å². The van der Waals surface area contributed by atoms with Crippen molar-refractivity contribution >= 4 is 11.5 Å². The molecule has 2 N–H and O–H groups in total. The lowest BCUT2D eigenvalue weighted by Gasteiger charge is -2.26. The van der Waals surface area contributed by atoms with Crippen LogP contribution >= 0.6 is 0 Å². The first-order valence-electron chi connectivity index (χ1n) is 5.88. The highest BCUT2D eigenvalue weighted by Gasteiger charge is 2.17. The number of nitrogens with two attached hydrogens (primary N) is 1. The molecule has 0 aliphatic rings. The van der Waals surface area contributed by atoms with Crippen LogP contribution in [-0.4, -0.2) is 22.9 Å². The molecule has 0 aliphatic carbocycles. The molecule has 1 rings (SSSR count). The van der Waals surface area contributed by atoms with Crippen molar-refractivity contribution in [2.45, 2.75) is 27.2 Å².